The first-order valence-corrected chi connectivity index (χ1v) is 13.3. The first kappa shape index (κ1) is 23.2. The zero-order valence-corrected chi connectivity index (χ0v) is 18.1. The Balaban J connectivity index is 4.58. The molecule has 0 aliphatic rings. The van der Waals surface area contributed by atoms with Gasteiger partial charge in [0.05, 0.1) is 0 Å². The molecular formula is C21H46OSi. The molecule has 23 heavy (non-hydrogen) atoms. The van der Waals surface area contributed by atoms with Gasteiger partial charge in [-0.1, -0.05) is 97.8 Å². The number of rotatable bonds is 17. The van der Waals surface area contributed by atoms with Crippen molar-refractivity contribution in [3.63, 3.8) is 0 Å². The van der Waals surface area contributed by atoms with Crippen LogP contribution in [-0.2, 0) is 4.43 Å². The van der Waals surface area contributed by atoms with Crippen molar-refractivity contribution in [1.29, 1.82) is 0 Å². The molecular weight excluding hydrogens is 296 g/mol. The summed E-state index contributed by atoms with van der Waals surface area (Å²) in [7, 11) is -1.51. The van der Waals surface area contributed by atoms with Gasteiger partial charge < -0.3 is 4.43 Å². The zero-order valence-electron chi connectivity index (χ0n) is 17.1. The van der Waals surface area contributed by atoms with Crippen molar-refractivity contribution in [2.24, 2.45) is 0 Å². The third-order valence-electron chi connectivity index (χ3n) is 4.94. The Labute approximate surface area is 149 Å². The van der Waals surface area contributed by atoms with Crippen LogP contribution < -0.4 is 0 Å². The van der Waals surface area contributed by atoms with Crippen molar-refractivity contribution in [3.8, 4) is 0 Å². The molecule has 0 N–H and O–H groups in total. The van der Waals surface area contributed by atoms with Gasteiger partial charge in [0.2, 0.25) is 0 Å². The van der Waals surface area contributed by atoms with Crippen molar-refractivity contribution < 1.29 is 4.43 Å². The van der Waals surface area contributed by atoms with Crippen LogP contribution in [0.15, 0.2) is 0 Å². The summed E-state index contributed by atoms with van der Waals surface area (Å²) in [6.45, 7) is 11.4. The van der Waals surface area contributed by atoms with Gasteiger partial charge in [0.1, 0.15) is 0 Å². The predicted molar refractivity (Wildman–Crippen MR) is 109 cm³/mol. The van der Waals surface area contributed by atoms with Gasteiger partial charge in [0.25, 0.3) is 0 Å². The highest BCUT2D eigenvalue weighted by Crippen LogP contribution is 2.31. The summed E-state index contributed by atoms with van der Waals surface area (Å²) in [5.41, 5.74) is 0. The minimum Gasteiger partial charge on any atom is -0.414 e. The molecule has 0 aromatic rings. The SMILES string of the molecule is CCCCCC[Si](CCCCCC)(CCCCCC)OC(C)C. The van der Waals surface area contributed by atoms with Gasteiger partial charge in [-0.25, -0.2) is 0 Å². The minimum absolute atomic E-state index is 0.421. The summed E-state index contributed by atoms with van der Waals surface area (Å²) < 4.78 is 6.72. The minimum atomic E-state index is -1.51. The first-order chi connectivity index (χ1) is 11.1. The Hall–Kier alpha value is 0.177. The summed E-state index contributed by atoms with van der Waals surface area (Å²) in [4.78, 5) is 0. The van der Waals surface area contributed by atoms with E-state index in [0.29, 0.717) is 6.10 Å². The average molecular weight is 343 g/mol. The van der Waals surface area contributed by atoms with Crippen molar-refractivity contribution in [2.75, 3.05) is 0 Å². The molecule has 2 heteroatoms. The fourth-order valence-electron chi connectivity index (χ4n) is 3.67. The molecule has 0 fully saturated rings. The first-order valence-electron chi connectivity index (χ1n) is 10.8. The van der Waals surface area contributed by atoms with Crippen molar-refractivity contribution >= 4 is 8.32 Å². The van der Waals surface area contributed by atoms with Crippen LogP contribution in [0.2, 0.25) is 18.1 Å². The van der Waals surface area contributed by atoms with E-state index in [2.05, 4.69) is 34.6 Å². The Morgan fingerprint density at radius 3 is 1.17 bits per heavy atom. The van der Waals surface area contributed by atoms with E-state index in [4.69, 9.17) is 4.43 Å². The van der Waals surface area contributed by atoms with E-state index in [0.717, 1.165) is 0 Å². The van der Waals surface area contributed by atoms with E-state index in [1.165, 1.54) is 95.2 Å². The standard InChI is InChI=1S/C21H46OSi/c1-6-9-12-15-18-23(22-21(4)5,19-16-13-10-7-2)20-17-14-11-8-3/h21H,6-20H2,1-5H3. The summed E-state index contributed by atoms with van der Waals surface area (Å²) in [6, 6.07) is 4.26. The van der Waals surface area contributed by atoms with E-state index in [1.54, 1.807) is 0 Å². The van der Waals surface area contributed by atoms with Crippen LogP contribution in [0.25, 0.3) is 0 Å². The maximum absolute atomic E-state index is 6.72. The van der Waals surface area contributed by atoms with Crippen molar-refractivity contribution in [3.05, 3.63) is 0 Å². The van der Waals surface area contributed by atoms with Crippen LogP contribution in [0.4, 0.5) is 0 Å². The molecule has 0 bridgehead atoms. The fourth-order valence-corrected chi connectivity index (χ4v) is 8.46. The fraction of sp³-hybridized carbons (Fsp3) is 1.00. The second kappa shape index (κ2) is 15.7. The molecule has 0 heterocycles. The van der Waals surface area contributed by atoms with Crippen LogP contribution >= 0.6 is 0 Å². The van der Waals surface area contributed by atoms with Gasteiger partial charge >= 0.3 is 0 Å². The Bertz CT molecular complexity index is 209. The van der Waals surface area contributed by atoms with Crippen LogP contribution in [0, 0.1) is 0 Å². The molecule has 0 saturated carbocycles. The molecule has 0 aromatic carbocycles. The lowest BCUT2D eigenvalue weighted by Gasteiger charge is -2.34. The van der Waals surface area contributed by atoms with Gasteiger partial charge in [0.15, 0.2) is 8.32 Å². The number of hydrogen-bond donors (Lipinski definition) is 0. The van der Waals surface area contributed by atoms with Gasteiger partial charge in [-0.3, -0.25) is 0 Å². The Kier molecular flexibility index (Phi) is 15.8. The lowest BCUT2D eigenvalue weighted by atomic mass is 10.2. The summed E-state index contributed by atoms with van der Waals surface area (Å²) in [5, 5.41) is 0. The Morgan fingerprint density at radius 1 is 0.565 bits per heavy atom. The largest absolute Gasteiger partial charge is 0.414 e. The normalized spacial score (nSPS) is 12.3. The molecule has 0 saturated heterocycles. The maximum atomic E-state index is 6.72. The van der Waals surface area contributed by atoms with Crippen molar-refractivity contribution in [2.45, 2.75) is 136 Å². The van der Waals surface area contributed by atoms with Gasteiger partial charge in [0, 0.05) is 6.10 Å². The number of hydrogen-bond acceptors (Lipinski definition) is 1. The van der Waals surface area contributed by atoms with Crippen LogP contribution in [0.1, 0.15) is 112 Å². The molecule has 0 aliphatic carbocycles. The third kappa shape index (κ3) is 13.2. The van der Waals surface area contributed by atoms with Gasteiger partial charge in [-0.05, 0) is 32.0 Å². The van der Waals surface area contributed by atoms with E-state index < -0.39 is 8.32 Å². The summed E-state index contributed by atoms with van der Waals surface area (Å²) >= 11 is 0. The lowest BCUT2D eigenvalue weighted by molar-refractivity contribution is 0.221. The van der Waals surface area contributed by atoms with E-state index in [1.807, 2.05) is 0 Å². The second-order valence-electron chi connectivity index (χ2n) is 7.78. The molecule has 1 nitrogen and oxygen atoms in total. The summed E-state index contributed by atoms with van der Waals surface area (Å²) in [6.07, 6.45) is 17.1. The molecule has 0 atom stereocenters. The van der Waals surface area contributed by atoms with Crippen molar-refractivity contribution in [1.82, 2.24) is 0 Å². The average Bonchev–Trinajstić information content (AvgIpc) is 2.52. The van der Waals surface area contributed by atoms with Gasteiger partial charge in [-0.2, -0.15) is 0 Å². The number of unbranched alkanes of at least 4 members (excludes halogenated alkanes) is 9. The summed E-state index contributed by atoms with van der Waals surface area (Å²) in [5.74, 6) is 0. The quantitative estimate of drug-likeness (QED) is 0.192. The molecule has 0 unspecified atom stereocenters. The Morgan fingerprint density at radius 2 is 0.913 bits per heavy atom. The van der Waals surface area contributed by atoms with Crippen LogP contribution in [0.3, 0.4) is 0 Å². The zero-order chi connectivity index (χ0) is 17.4. The highest BCUT2D eigenvalue weighted by Gasteiger charge is 2.34. The van der Waals surface area contributed by atoms with Crippen LogP contribution in [-0.4, -0.2) is 14.4 Å². The lowest BCUT2D eigenvalue weighted by Crippen LogP contribution is -2.40. The molecule has 0 aliphatic heterocycles. The molecule has 0 rings (SSSR count). The smallest absolute Gasteiger partial charge is 0.193 e. The molecule has 0 aromatic heterocycles. The van der Waals surface area contributed by atoms with E-state index in [-0.39, 0.29) is 0 Å². The molecule has 0 amide bonds. The third-order valence-corrected chi connectivity index (χ3v) is 9.71. The molecule has 140 valence electrons. The predicted octanol–water partition coefficient (Wildman–Crippen LogP) is 8.10. The van der Waals surface area contributed by atoms with E-state index in [9.17, 15) is 0 Å². The highest BCUT2D eigenvalue weighted by molar-refractivity contribution is 6.73. The van der Waals surface area contributed by atoms with Gasteiger partial charge in [-0.15, -0.1) is 0 Å². The highest BCUT2D eigenvalue weighted by atomic mass is 28.4. The molecule has 0 radical (unpaired) electrons. The monoisotopic (exact) mass is 342 g/mol. The maximum Gasteiger partial charge on any atom is 0.193 e. The topological polar surface area (TPSA) is 9.23 Å². The second-order valence-corrected chi connectivity index (χ2v) is 11.9. The van der Waals surface area contributed by atoms with E-state index >= 15 is 0 Å². The molecule has 0 spiro atoms. The van der Waals surface area contributed by atoms with Crippen LogP contribution in [0.5, 0.6) is 0 Å².